The van der Waals surface area contributed by atoms with Crippen LogP contribution in [0, 0.1) is 0 Å². The van der Waals surface area contributed by atoms with Crippen LogP contribution < -0.4 is 0 Å². The lowest BCUT2D eigenvalue weighted by Gasteiger charge is -2.26. The van der Waals surface area contributed by atoms with Gasteiger partial charge in [0, 0.05) is 32.4 Å². The number of imidazole rings is 1. The van der Waals surface area contributed by atoms with Crippen molar-refractivity contribution >= 4 is 17.3 Å². The maximum atomic E-state index is 13.1. The average Bonchev–Trinajstić information content (AvgIpc) is 3.07. The van der Waals surface area contributed by atoms with Crippen LogP contribution in [0.4, 0.5) is 0 Å². The Kier molecular flexibility index (Phi) is 5.91. The molecule has 0 saturated carbocycles. The van der Waals surface area contributed by atoms with Crippen LogP contribution >= 0.6 is 0 Å². The lowest BCUT2D eigenvalue weighted by molar-refractivity contribution is 0.0720. The van der Waals surface area contributed by atoms with Crippen molar-refractivity contribution in [1.82, 2.24) is 19.2 Å². The molecule has 6 heteroatoms. The third-order valence-corrected chi connectivity index (χ3v) is 4.86. The fourth-order valence-electron chi connectivity index (χ4n) is 3.59. The first-order valence-corrected chi connectivity index (χ1v) is 9.73. The number of pyridine rings is 1. The third kappa shape index (κ3) is 3.59. The van der Waals surface area contributed by atoms with Gasteiger partial charge in [-0.3, -0.25) is 14.0 Å². The number of hydrogen-bond acceptors (Lipinski definition) is 3. The first-order valence-electron chi connectivity index (χ1n) is 9.73. The summed E-state index contributed by atoms with van der Waals surface area (Å²) < 4.78 is 1.76. The highest BCUT2D eigenvalue weighted by molar-refractivity contribution is 6.02. The van der Waals surface area contributed by atoms with Gasteiger partial charge in [0.1, 0.15) is 0 Å². The van der Waals surface area contributed by atoms with Gasteiger partial charge in [0.15, 0.2) is 5.69 Å². The number of carbonyl (C=O) groups is 2. The van der Waals surface area contributed by atoms with Crippen molar-refractivity contribution in [3.8, 4) is 0 Å². The maximum absolute atomic E-state index is 13.1. The van der Waals surface area contributed by atoms with Gasteiger partial charge >= 0.3 is 0 Å². The molecular weight excluding hydrogens is 328 g/mol. The summed E-state index contributed by atoms with van der Waals surface area (Å²) in [6.07, 6.45) is 6.84. The molecule has 2 amide bonds. The Morgan fingerprint density at radius 2 is 1.77 bits per heavy atom. The van der Waals surface area contributed by atoms with E-state index in [1.54, 1.807) is 4.40 Å². The van der Waals surface area contributed by atoms with E-state index in [1.807, 2.05) is 34.2 Å². The number of nitrogens with zero attached hydrogens (tertiary/aromatic N) is 4. The SMILES string of the molecule is CCCN(CCC)C(=O)c1nc(C(=O)N2CCCCC2)c2ccccn12. The molecule has 140 valence electrons. The van der Waals surface area contributed by atoms with E-state index >= 15 is 0 Å². The maximum Gasteiger partial charge on any atom is 0.290 e. The number of rotatable bonds is 6. The molecule has 0 N–H and O–H groups in total. The molecule has 3 rings (SSSR count). The molecule has 0 bridgehead atoms. The molecule has 2 aromatic heterocycles. The van der Waals surface area contributed by atoms with Crippen LogP contribution in [-0.4, -0.2) is 57.2 Å². The van der Waals surface area contributed by atoms with E-state index in [4.69, 9.17) is 0 Å². The van der Waals surface area contributed by atoms with Gasteiger partial charge in [-0.15, -0.1) is 0 Å². The monoisotopic (exact) mass is 356 g/mol. The summed E-state index contributed by atoms with van der Waals surface area (Å²) in [6, 6.07) is 5.61. The van der Waals surface area contributed by atoms with Crippen molar-refractivity contribution in [2.45, 2.75) is 46.0 Å². The minimum absolute atomic E-state index is 0.0648. The van der Waals surface area contributed by atoms with Crippen LogP contribution in [0.2, 0.25) is 0 Å². The second kappa shape index (κ2) is 8.34. The number of piperidine rings is 1. The Labute approximate surface area is 154 Å². The minimum atomic E-state index is -0.104. The topological polar surface area (TPSA) is 57.9 Å². The molecule has 1 fully saturated rings. The molecule has 0 unspecified atom stereocenters. The molecule has 0 aliphatic carbocycles. The molecular formula is C20H28N4O2. The van der Waals surface area contributed by atoms with Crippen LogP contribution in [0.1, 0.15) is 67.1 Å². The largest absolute Gasteiger partial charge is 0.337 e. The van der Waals surface area contributed by atoms with Crippen molar-refractivity contribution in [1.29, 1.82) is 0 Å². The van der Waals surface area contributed by atoms with Crippen LogP contribution in [0.3, 0.4) is 0 Å². The highest BCUT2D eigenvalue weighted by Gasteiger charge is 2.27. The Balaban J connectivity index is 1.99. The zero-order valence-electron chi connectivity index (χ0n) is 15.8. The van der Waals surface area contributed by atoms with Crippen molar-refractivity contribution in [2.75, 3.05) is 26.2 Å². The van der Waals surface area contributed by atoms with E-state index < -0.39 is 0 Å². The van der Waals surface area contributed by atoms with E-state index in [9.17, 15) is 9.59 Å². The molecule has 2 aromatic rings. The summed E-state index contributed by atoms with van der Waals surface area (Å²) >= 11 is 0. The number of amides is 2. The Hall–Kier alpha value is -2.37. The molecule has 1 aliphatic rings. The quantitative estimate of drug-likeness (QED) is 0.798. The van der Waals surface area contributed by atoms with Gasteiger partial charge in [-0.05, 0) is 44.2 Å². The molecule has 0 spiro atoms. The molecule has 0 aromatic carbocycles. The van der Waals surface area contributed by atoms with E-state index in [0.717, 1.165) is 38.8 Å². The fraction of sp³-hybridized carbons (Fsp3) is 0.550. The van der Waals surface area contributed by atoms with E-state index in [1.165, 1.54) is 6.42 Å². The van der Waals surface area contributed by atoms with Crippen molar-refractivity contribution in [3.63, 3.8) is 0 Å². The van der Waals surface area contributed by atoms with Crippen LogP contribution in [0.15, 0.2) is 24.4 Å². The van der Waals surface area contributed by atoms with Crippen LogP contribution in [-0.2, 0) is 0 Å². The van der Waals surface area contributed by atoms with Gasteiger partial charge in [-0.2, -0.15) is 0 Å². The second-order valence-corrected chi connectivity index (χ2v) is 6.88. The zero-order valence-corrected chi connectivity index (χ0v) is 15.8. The predicted molar refractivity (Wildman–Crippen MR) is 101 cm³/mol. The molecule has 0 radical (unpaired) electrons. The smallest absolute Gasteiger partial charge is 0.290 e. The molecule has 1 aliphatic heterocycles. The van der Waals surface area contributed by atoms with Gasteiger partial charge in [-0.1, -0.05) is 19.9 Å². The minimum Gasteiger partial charge on any atom is -0.337 e. The van der Waals surface area contributed by atoms with Crippen molar-refractivity contribution < 1.29 is 9.59 Å². The lowest BCUT2D eigenvalue weighted by atomic mass is 10.1. The fourth-order valence-corrected chi connectivity index (χ4v) is 3.59. The highest BCUT2D eigenvalue weighted by atomic mass is 16.2. The second-order valence-electron chi connectivity index (χ2n) is 6.88. The summed E-state index contributed by atoms with van der Waals surface area (Å²) in [5.74, 6) is 0.167. The number of hydrogen-bond donors (Lipinski definition) is 0. The van der Waals surface area contributed by atoms with E-state index in [0.29, 0.717) is 30.1 Å². The molecule has 1 saturated heterocycles. The van der Waals surface area contributed by atoms with Crippen molar-refractivity contribution in [3.05, 3.63) is 35.9 Å². The van der Waals surface area contributed by atoms with Crippen molar-refractivity contribution in [2.24, 2.45) is 0 Å². The van der Waals surface area contributed by atoms with Gasteiger partial charge in [0.2, 0.25) is 5.82 Å². The van der Waals surface area contributed by atoms with Gasteiger partial charge < -0.3 is 9.80 Å². The average molecular weight is 356 g/mol. The van der Waals surface area contributed by atoms with Crippen LogP contribution in [0.25, 0.3) is 5.52 Å². The summed E-state index contributed by atoms with van der Waals surface area (Å²) in [5, 5.41) is 0. The van der Waals surface area contributed by atoms with E-state index in [-0.39, 0.29) is 11.8 Å². The molecule has 26 heavy (non-hydrogen) atoms. The Morgan fingerprint density at radius 1 is 1.08 bits per heavy atom. The van der Waals surface area contributed by atoms with Crippen LogP contribution in [0.5, 0.6) is 0 Å². The Bertz CT molecular complexity index is 771. The lowest BCUT2D eigenvalue weighted by Crippen LogP contribution is -2.36. The zero-order chi connectivity index (χ0) is 18.5. The summed E-state index contributed by atoms with van der Waals surface area (Å²) in [5.41, 5.74) is 1.10. The molecule has 6 nitrogen and oxygen atoms in total. The van der Waals surface area contributed by atoms with E-state index in [2.05, 4.69) is 18.8 Å². The molecule has 3 heterocycles. The van der Waals surface area contributed by atoms with Gasteiger partial charge in [-0.25, -0.2) is 4.98 Å². The number of likely N-dealkylation sites (tertiary alicyclic amines) is 1. The normalized spacial score (nSPS) is 14.6. The number of fused-ring (bicyclic) bond motifs is 1. The number of carbonyl (C=O) groups excluding carboxylic acids is 2. The predicted octanol–water partition coefficient (Wildman–Crippen LogP) is 3.22. The summed E-state index contributed by atoms with van der Waals surface area (Å²) in [6.45, 7) is 7.06. The van der Waals surface area contributed by atoms with Gasteiger partial charge in [0.05, 0.1) is 5.52 Å². The van der Waals surface area contributed by atoms with Gasteiger partial charge in [0.25, 0.3) is 11.8 Å². The first-order chi connectivity index (χ1) is 12.7. The first kappa shape index (κ1) is 18.4. The highest BCUT2D eigenvalue weighted by Crippen LogP contribution is 2.19. The molecule has 0 atom stereocenters. The Morgan fingerprint density at radius 3 is 2.42 bits per heavy atom. The standard InChI is InChI=1S/C20H28N4O2/c1-3-11-22(12-4-2)20(26)18-21-17(16-10-6-9-15-24(16)18)19(25)23-13-7-5-8-14-23/h6,9-10,15H,3-5,7-8,11-14H2,1-2H3. The third-order valence-electron chi connectivity index (χ3n) is 4.86. The summed E-state index contributed by atoms with van der Waals surface area (Å²) in [7, 11) is 0. The summed E-state index contributed by atoms with van der Waals surface area (Å²) in [4.78, 5) is 34.3. The number of aromatic nitrogens is 2.